The number of aryl methyl sites for hydroxylation is 1. The van der Waals surface area contributed by atoms with Crippen LogP contribution in [-0.4, -0.2) is 41.6 Å². The lowest BCUT2D eigenvalue weighted by Gasteiger charge is -2.27. The van der Waals surface area contributed by atoms with E-state index in [1.807, 2.05) is 12.1 Å². The summed E-state index contributed by atoms with van der Waals surface area (Å²) in [6, 6.07) is 11.3. The number of ether oxygens (including phenoxy) is 1. The Morgan fingerprint density at radius 1 is 1.28 bits per heavy atom. The van der Waals surface area contributed by atoms with Gasteiger partial charge in [-0.15, -0.1) is 11.8 Å². The predicted octanol–water partition coefficient (Wildman–Crippen LogP) is 2.52. The molecule has 150 valence electrons. The molecule has 1 N–H and O–H groups in total. The second-order valence-electron chi connectivity index (χ2n) is 6.20. The molecule has 0 fully saturated rings. The van der Waals surface area contributed by atoms with Gasteiger partial charge in [0.15, 0.2) is 6.61 Å². The molecule has 2 amide bonds. The quantitative estimate of drug-likeness (QED) is 0.437. The summed E-state index contributed by atoms with van der Waals surface area (Å²) in [4.78, 5) is 48.9. The molecular weight excluding hydrogens is 398 g/mol. The van der Waals surface area contributed by atoms with Crippen molar-refractivity contribution in [3.8, 4) is 0 Å². The zero-order chi connectivity index (χ0) is 21.0. The molecule has 29 heavy (non-hydrogen) atoms. The lowest BCUT2D eigenvalue weighted by molar-refractivity contribution is -0.384. The fourth-order valence-corrected chi connectivity index (χ4v) is 3.63. The Hall–Kier alpha value is -3.40. The minimum atomic E-state index is -0.731. The molecule has 1 aliphatic rings. The fraction of sp³-hybridized carbons (Fsp3) is 0.211. The molecule has 0 radical (unpaired) electrons. The molecule has 2 aromatic rings. The number of nitrogens with one attached hydrogen (secondary N) is 1. The number of thioether (sulfide) groups is 1. The van der Waals surface area contributed by atoms with Gasteiger partial charge in [-0.3, -0.25) is 29.4 Å². The molecule has 0 aliphatic carbocycles. The summed E-state index contributed by atoms with van der Waals surface area (Å²) in [6.07, 6.45) is 0. The lowest BCUT2D eigenvalue weighted by atomic mass is 10.2. The van der Waals surface area contributed by atoms with Crippen molar-refractivity contribution < 1.29 is 24.0 Å². The van der Waals surface area contributed by atoms with E-state index in [2.05, 4.69) is 5.32 Å². The molecule has 2 aromatic carbocycles. The number of anilines is 2. The van der Waals surface area contributed by atoms with Gasteiger partial charge in [-0.1, -0.05) is 18.2 Å². The number of fused-ring (bicyclic) bond motifs is 1. The number of non-ortho nitro benzene ring substituents is 1. The van der Waals surface area contributed by atoms with E-state index in [4.69, 9.17) is 4.74 Å². The number of carbonyl (C=O) groups is 3. The van der Waals surface area contributed by atoms with Gasteiger partial charge < -0.3 is 10.1 Å². The lowest BCUT2D eigenvalue weighted by Crippen LogP contribution is -2.40. The molecule has 0 atom stereocenters. The van der Waals surface area contributed by atoms with Crippen molar-refractivity contribution in [1.29, 1.82) is 0 Å². The number of para-hydroxylation sites is 1. The number of esters is 1. The van der Waals surface area contributed by atoms with Crippen LogP contribution in [-0.2, 0) is 19.1 Å². The highest BCUT2D eigenvalue weighted by Gasteiger charge is 2.27. The van der Waals surface area contributed by atoms with Gasteiger partial charge in [0.05, 0.1) is 22.1 Å². The van der Waals surface area contributed by atoms with Gasteiger partial charge in [0.1, 0.15) is 6.54 Å². The average Bonchev–Trinajstić information content (AvgIpc) is 2.70. The number of hydrogen-bond acceptors (Lipinski definition) is 7. The maximum Gasteiger partial charge on any atom is 0.326 e. The third-order valence-electron chi connectivity index (χ3n) is 4.17. The van der Waals surface area contributed by atoms with Crippen LogP contribution in [0.5, 0.6) is 0 Å². The van der Waals surface area contributed by atoms with Gasteiger partial charge in [-0.05, 0) is 24.6 Å². The Bertz CT molecular complexity index is 994. The van der Waals surface area contributed by atoms with Crippen LogP contribution in [0.1, 0.15) is 5.56 Å². The van der Waals surface area contributed by atoms with E-state index >= 15 is 0 Å². The second-order valence-corrected chi connectivity index (χ2v) is 7.22. The zero-order valence-corrected chi connectivity index (χ0v) is 16.2. The van der Waals surface area contributed by atoms with Crippen LogP contribution in [0.25, 0.3) is 0 Å². The van der Waals surface area contributed by atoms with Crippen molar-refractivity contribution in [3.05, 3.63) is 58.1 Å². The number of hydrogen-bond donors (Lipinski definition) is 1. The van der Waals surface area contributed by atoms with Crippen LogP contribution >= 0.6 is 11.8 Å². The van der Waals surface area contributed by atoms with E-state index in [0.29, 0.717) is 11.3 Å². The van der Waals surface area contributed by atoms with Gasteiger partial charge in [0.25, 0.3) is 11.6 Å². The van der Waals surface area contributed by atoms with Crippen molar-refractivity contribution in [2.75, 3.05) is 29.1 Å². The summed E-state index contributed by atoms with van der Waals surface area (Å²) in [5, 5.41) is 13.3. The Morgan fingerprint density at radius 2 is 2.03 bits per heavy atom. The first-order valence-electron chi connectivity index (χ1n) is 8.58. The molecule has 0 aromatic heterocycles. The standard InChI is InChI=1S/C19H17N3O6S/c1-12-6-7-13(22(26)27)8-14(12)20-17(23)10-28-19(25)9-21-15-4-2-3-5-16(15)29-11-18(21)24/h2-8H,9-11H2,1H3,(H,20,23). The molecule has 3 rings (SSSR count). The summed E-state index contributed by atoms with van der Waals surface area (Å²) in [6.45, 7) is 0.807. The minimum Gasteiger partial charge on any atom is -0.454 e. The number of benzene rings is 2. The smallest absolute Gasteiger partial charge is 0.326 e. The zero-order valence-electron chi connectivity index (χ0n) is 15.4. The van der Waals surface area contributed by atoms with Crippen molar-refractivity contribution >= 4 is 46.6 Å². The van der Waals surface area contributed by atoms with Gasteiger partial charge in [0, 0.05) is 17.0 Å². The summed E-state index contributed by atoms with van der Waals surface area (Å²) in [7, 11) is 0. The first-order valence-corrected chi connectivity index (χ1v) is 9.56. The molecule has 1 aliphatic heterocycles. The molecular formula is C19H17N3O6S. The van der Waals surface area contributed by atoms with Crippen LogP contribution in [0.3, 0.4) is 0 Å². The van der Waals surface area contributed by atoms with Crippen LogP contribution in [0.4, 0.5) is 17.1 Å². The van der Waals surface area contributed by atoms with Crippen molar-refractivity contribution in [3.63, 3.8) is 0 Å². The summed E-state index contributed by atoms with van der Waals surface area (Å²) in [5.74, 6) is -1.37. The SMILES string of the molecule is Cc1ccc([N+](=O)[O-])cc1NC(=O)COC(=O)CN1C(=O)CSc2ccccc21. The van der Waals surface area contributed by atoms with Crippen LogP contribution in [0.2, 0.25) is 0 Å². The maximum absolute atomic E-state index is 12.2. The van der Waals surface area contributed by atoms with E-state index in [0.717, 1.165) is 4.90 Å². The summed E-state index contributed by atoms with van der Waals surface area (Å²) >= 11 is 1.40. The molecule has 10 heteroatoms. The monoisotopic (exact) mass is 415 g/mol. The number of carbonyl (C=O) groups excluding carboxylic acids is 3. The summed E-state index contributed by atoms with van der Waals surface area (Å²) < 4.78 is 4.97. The molecule has 0 spiro atoms. The highest BCUT2D eigenvalue weighted by molar-refractivity contribution is 8.00. The molecule has 0 bridgehead atoms. The Labute approximate surface area is 170 Å². The molecule has 9 nitrogen and oxygen atoms in total. The molecule has 0 saturated carbocycles. The first kappa shape index (κ1) is 20.3. The van der Waals surface area contributed by atoms with Gasteiger partial charge in [-0.25, -0.2) is 0 Å². The van der Waals surface area contributed by atoms with E-state index in [9.17, 15) is 24.5 Å². The highest BCUT2D eigenvalue weighted by Crippen LogP contribution is 2.34. The topological polar surface area (TPSA) is 119 Å². The third-order valence-corrected chi connectivity index (χ3v) is 5.21. The van der Waals surface area contributed by atoms with Crippen LogP contribution in [0.15, 0.2) is 47.4 Å². The fourth-order valence-electron chi connectivity index (χ4n) is 2.69. The first-order chi connectivity index (χ1) is 13.8. The number of nitro benzene ring substituents is 1. The number of rotatable bonds is 6. The van der Waals surface area contributed by atoms with E-state index in [1.165, 1.54) is 34.9 Å². The number of nitro groups is 1. The molecule has 1 heterocycles. The normalized spacial score (nSPS) is 12.9. The largest absolute Gasteiger partial charge is 0.454 e. The molecule has 0 unspecified atom stereocenters. The Kier molecular flexibility index (Phi) is 6.13. The van der Waals surface area contributed by atoms with Gasteiger partial charge in [0.2, 0.25) is 5.91 Å². The van der Waals surface area contributed by atoms with Gasteiger partial charge >= 0.3 is 5.97 Å². The highest BCUT2D eigenvalue weighted by atomic mass is 32.2. The van der Waals surface area contributed by atoms with Crippen molar-refractivity contribution in [1.82, 2.24) is 0 Å². The third kappa shape index (κ3) is 4.91. The Balaban J connectivity index is 1.57. The summed E-state index contributed by atoms with van der Waals surface area (Å²) in [5.41, 5.74) is 1.35. The Morgan fingerprint density at radius 3 is 2.79 bits per heavy atom. The predicted molar refractivity (Wildman–Crippen MR) is 107 cm³/mol. The maximum atomic E-state index is 12.2. The van der Waals surface area contributed by atoms with Crippen LogP contribution < -0.4 is 10.2 Å². The van der Waals surface area contributed by atoms with E-state index in [1.54, 1.807) is 19.1 Å². The second kappa shape index (κ2) is 8.74. The van der Waals surface area contributed by atoms with Crippen LogP contribution in [0, 0.1) is 17.0 Å². The van der Waals surface area contributed by atoms with E-state index < -0.39 is 23.4 Å². The average molecular weight is 415 g/mol. The number of nitrogens with zero attached hydrogens (tertiary/aromatic N) is 2. The van der Waals surface area contributed by atoms with Crippen molar-refractivity contribution in [2.45, 2.75) is 11.8 Å². The van der Waals surface area contributed by atoms with Gasteiger partial charge in [-0.2, -0.15) is 0 Å². The minimum absolute atomic E-state index is 0.164. The molecule has 0 saturated heterocycles. The van der Waals surface area contributed by atoms with Crippen molar-refractivity contribution in [2.24, 2.45) is 0 Å². The number of amides is 2. The van der Waals surface area contributed by atoms with E-state index in [-0.39, 0.29) is 29.6 Å².